The van der Waals surface area contributed by atoms with Gasteiger partial charge in [0.15, 0.2) is 0 Å². The lowest BCUT2D eigenvalue weighted by atomic mass is 9.83. The average Bonchev–Trinajstić information content (AvgIpc) is 2.27. The van der Waals surface area contributed by atoms with Crippen LogP contribution in [0.4, 0.5) is 5.69 Å². The number of rotatable bonds is 6. The third kappa shape index (κ3) is 4.87. The van der Waals surface area contributed by atoms with Crippen molar-refractivity contribution in [1.82, 2.24) is 4.90 Å². The highest BCUT2D eigenvalue weighted by Crippen LogP contribution is 2.26. The zero-order valence-electron chi connectivity index (χ0n) is 13.4. The zero-order valence-corrected chi connectivity index (χ0v) is 13.4. The van der Waals surface area contributed by atoms with Gasteiger partial charge >= 0.3 is 0 Å². The first-order valence-electron chi connectivity index (χ1n) is 7.32. The molecule has 108 valence electrons. The summed E-state index contributed by atoms with van der Waals surface area (Å²) < 4.78 is 0. The predicted molar refractivity (Wildman–Crippen MR) is 85.4 cm³/mol. The molecular formula is C17H30N2. The van der Waals surface area contributed by atoms with E-state index >= 15 is 0 Å². The Morgan fingerprint density at radius 3 is 2.00 bits per heavy atom. The van der Waals surface area contributed by atoms with E-state index in [-0.39, 0.29) is 5.41 Å². The molecule has 0 heterocycles. The molecule has 0 saturated carbocycles. The zero-order chi connectivity index (χ0) is 14.6. The van der Waals surface area contributed by atoms with Crippen molar-refractivity contribution in [2.45, 2.75) is 53.0 Å². The number of hydrogen-bond acceptors (Lipinski definition) is 2. The van der Waals surface area contributed by atoms with Crippen LogP contribution < -0.4 is 5.73 Å². The van der Waals surface area contributed by atoms with Gasteiger partial charge in [-0.15, -0.1) is 0 Å². The molecular weight excluding hydrogens is 232 g/mol. The third-order valence-corrected chi connectivity index (χ3v) is 3.62. The van der Waals surface area contributed by atoms with Crippen molar-refractivity contribution in [3.63, 3.8) is 0 Å². The van der Waals surface area contributed by atoms with Crippen LogP contribution in [-0.2, 0) is 5.41 Å². The van der Waals surface area contributed by atoms with Crippen molar-refractivity contribution < 1.29 is 0 Å². The van der Waals surface area contributed by atoms with Crippen molar-refractivity contribution in [3.8, 4) is 0 Å². The van der Waals surface area contributed by atoms with Gasteiger partial charge in [0.1, 0.15) is 0 Å². The number of anilines is 1. The van der Waals surface area contributed by atoms with E-state index < -0.39 is 0 Å². The van der Waals surface area contributed by atoms with Gasteiger partial charge in [-0.1, -0.05) is 39.8 Å². The van der Waals surface area contributed by atoms with Crippen LogP contribution in [0.1, 0.15) is 47.1 Å². The van der Waals surface area contributed by atoms with Crippen molar-refractivity contribution >= 4 is 5.69 Å². The molecule has 0 saturated heterocycles. The van der Waals surface area contributed by atoms with Gasteiger partial charge in [-0.2, -0.15) is 0 Å². The molecule has 0 radical (unpaired) electrons. The SMILES string of the molecule is CC(C)CN(CC(C)(C)c1ccc(N)cc1)C(C)C. The molecule has 1 aromatic carbocycles. The fourth-order valence-corrected chi connectivity index (χ4v) is 2.46. The number of benzene rings is 1. The normalized spacial score (nSPS) is 12.7. The van der Waals surface area contributed by atoms with Crippen LogP contribution in [-0.4, -0.2) is 24.0 Å². The lowest BCUT2D eigenvalue weighted by Crippen LogP contribution is -2.42. The Labute approximate surface area is 119 Å². The lowest BCUT2D eigenvalue weighted by molar-refractivity contribution is 0.162. The van der Waals surface area contributed by atoms with E-state index in [4.69, 9.17) is 5.73 Å². The van der Waals surface area contributed by atoms with Crippen molar-refractivity contribution in [3.05, 3.63) is 29.8 Å². The first kappa shape index (κ1) is 16.0. The van der Waals surface area contributed by atoms with Crippen LogP contribution in [0, 0.1) is 5.92 Å². The van der Waals surface area contributed by atoms with E-state index in [2.05, 4.69) is 58.6 Å². The Hall–Kier alpha value is -1.02. The van der Waals surface area contributed by atoms with E-state index in [1.165, 1.54) is 5.56 Å². The summed E-state index contributed by atoms with van der Waals surface area (Å²) in [5.74, 6) is 0.699. The smallest absolute Gasteiger partial charge is 0.0314 e. The molecule has 2 heteroatoms. The maximum Gasteiger partial charge on any atom is 0.0314 e. The van der Waals surface area contributed by atoms with E-state index in [9.17, 15) is 0 Å². The second-order valence-electron chi connectivity index (χ2n) is 6.92. The molecule has 2 nitrogen and oxygen atoms in total. The first-order valence-corrected chi connectivity index (χ1v) is 7.32. The maximum atomic E-state index is 5.77. The monoisotopic (exact) mass is 262 g/mol. The summed E-state index contributed by atoms with van der Waals surface area (Å²) in [5.41, 5.74) is 8.11. The van der Waals surface area contributed by atoms with Crippen LogP contribution >= 0.6 is 0 Å². The van der Waals surface area contributed by atoms with Gasteiger partial charge < -0.3 is 5.73 Å². The number of nitrogen functional groups attached to an aromatic ring is 1. The summed E-state index contributed by atoms with van der Waals surface area (Å²) in [6.45, 7) is 16.0. The summed E-state index contributed by atoms with van der Waals surface area (Å²) in [6.07, 6.45) is 0. The Morgan fingerprint density at radius 2 is 1.58 bits per heavy atom. The molecule has 0 fully saturated rings. The minimum atomic E-state index is 0.146. The highest BCUT2D eigenvalue weighted by atomic mass is 15.2. The molecule has 19 heavy (non-hydrogen) atoms. The molecule has 2 N–H and O–H groups in total. The Balaban J connectivity index is 2.83. The van der Waals surface area contributed by atoms with Crippen molar-refractivity contribution in [2.75, 3.05) is 18.8 Å². The van der Waals surface area contributed by atoms with Crippen molar-refractivity contribution in [2.24, 2.45) is 5.92 Å². The highest BCUT2D eigenvalue weighted by molar-refractivity contribution is 5.41. The first-order chi connectivity index (χ1) is 8.72. The quantitative estimate of drug-likeness (QED) is 0.788. The lowest BCUT2D eigenvalue weighted by Gasteiger charge is -2.36. The van der Waals surface area contributed by atoms with Gasteiger partial charge in [0.25, 0.3) is 0 Å². The largest absolute Gasteiger partial charge is 0.399 e. The number of nitrogens with two attached hydrogens (primary N) is 1. The van der Waals surface area contributed by atoms with Crippen LogP contribution in [0.5, 0.6) is 0 Å². The molecule has 0 amide bonds. The average molecular weight is 262 g/mol. The summed E-state index contributed by atoms with van der Waals surface area (Å²) in [5, 5.41) is 0. The Bertz CT molecular complexity index is 377. The Kier molecular flexibility index (Phi) is 5.42. The third-order valence-electron chi connectivity index (χ3n) is 3.62. The van der Waals surface area contributed by atoms with Gasteiger partial charge in [0, 0.05) is 30.2 Å². The van der Waals surface area contributed by atoms with Crippen LogP contribution in [0.25, 0.3) is 0 Å². The van der Waals surface area contributed by atoms with Crippen LogP contribution in [0.15, 0.2) is 24.3 Å². The molecule has 0 atom stereocenters. The molecule has 0 spiro atoms. The molecule has 0 unspecified atom stereocenters. The topological polar surface area (TPSA) is 29.3 Å². The van der Waals surface area contributed by atoms with Crippen LogP contribution in [0.2, 0.25) is 0 Å². The molecule has 0 bridgehead atoms. The van der Waals surface area contributed by atoms with Gasteiger partial charge in [-0.25, -0.2) is 0 Å². The second-order valence-corrected chi connectivity index (χ2v) is 6.92. The standard InChI is InChI=1S/C17H30N2/c1-13(2)11-19(14(3)4)12-17(5,6)15-7-9-16(18)10-8-15/h7-10,13-14H,11-12,18H2,1-6H3. The van der Waals surface area contributed by atoms with Crippen LogP contribution in [0.3, 0.4) is 0 Å². The van der Waals surface area contributed by atoms with Gasteiger partial charge in [-0.3, -0.25) is 4.90 Å². The van der Waals surface area contributed by atoms with E-state index in [1.807, 2.05) is 12.1 Å². The highest BCUT2D eigenvalue weighted by Gasteiger charge is 2.25. The summed E-state index contributed by atoms with van der Waals surface area (Å²) >= 11 is 0. The molecule has 0 aliphatic rings. The van der Waals surface area contributed by atoms with E-state index in [0.29, 0.717) is 12.0 Å². The van der Waals surface area contributed by atoms with Gasteiger partial charge in [0.2, 0.25) is 0 Å². The van der Waals surface area contributed by atoms with E-state index in [1.54, 1.807) is 0 Å². The van der Waals surface area contributed by atoms with Gasteiger partial charge in [-0.05, 0) is 37.5 Å². The molecule has 0 aliphatic carbocycles. The van der Waals surface area contributed by atoms with E-state index in [0.717, 1.165) is 18.8 Å². The Morgan fingerprint density at radius 1 is 1.05 bits per heavy atom. The molecule has 0 aromatic heterocycles. The minimum Gasteiger partial charge on any atom is -0.399 e. The second kappa shape index (κ2) is 6.42. The summed E-state index contributed by atoms with van der Waals surface area (Å²) in [6, 6.07) is 8.89. The summed E-state index contributed by atoms with van der Waals surface area (Å²) in [7, 11) is 0. The van der Waals surface area contributed by atoms with Gasteiger partial charge in [0.05, 0.1) is 0 Å². The van der Waals surface area contributed by atoms with Crippen molar-refractivity contribution in [1.29, 1.82) is 0 Å². The fourth-order valence-electron chi connectivity index (χ4n) is 2.46. The minimum absolute atomic E-state index is 0.146. The fraction of sp³-hybridized carbons (Fsp3) is 0.647. The number of nitrogens with zero attached hydrogens (tertiary/aromatic N) is 1. The maximum absolute atomic E-state index is 5.77. The molecule has 0 aliphatic heterocycles. The predicted octanol–water partition coefficient (Wildman–Crippen LogP) is 3.91. The summed E-state index contributed by atoms with van der Waals surface area (Å²) in [4.78, 5) is 2.57. The molecule has 1 rings (SSSR count). The number of hydrogen-bond donors (Lipinski definition) is 1. The molecule has 1 aromatic rings.